The number of nitrogens with one attached hydrogen (secondary N) is 2. The van der Waals surface area contributed by atoms with Gasteiger partial charge < -0.3 is 10.6 Å². The van der Waals surface area contributed by atoms with E-state index in [1.807, 2.05) is 18.2 Å². The third-order valence-corrected chi connectivity index (χ3v) is 3.71. The lowest BCUT2D eigenvalue weighted by atomic mass is 10.2. The highest BCUT2D eigenvalue weighted by Gasteiger charge is 2.38. The van der Waals surface area contributed by atoms with Gasteiger partial charge in [-0.2, -0.15) is 0 Å². The second-order valence-corrected chi connectivity index (χ2v) is 5.70. The molecule has 0 aliphatic heterocycles. The number of benzene rings is 1. The minimum atomic E-state index is -0.0749. The van der Waals surface area contributed by atoms with E-state index < -0.39 is 0 Å². The summed E-state index contributed by atoms with van der Waals surface area (Å²) in [5, 5.41) is 6.25. The van der Waals surface area contributed by atoms with Crippen LogP contribution in [0.2, 0.25) is 5.02 Å². The number of amides is 2. The molecule has 0 heterocycles. The maximum atomic E-state index is 11.6. The van der Waals surface area contributed by atoms with Crippen LogP contribution in [-0.4, -0.2) is 18.4 Å². The summed E-state index contributed by atoms with van der Waals surface area (Å²) >= 11 is 5.87. The lowest BCUT2D eigenvalue weighted by Crippen LogP contribution is -2.31. The van der Waals surface area contributed by atoms with Crippen molar-refractivity contribution in [1.29, 1.82) is 0 Å². The molecule has 1 fully saturated rings. The molecule has 1 saturated carbocycles. The Morgan fingerprint density at radius 3 is 2.75 bits per heavy atom. The minimum Gasteiger partial charge on any atom is -0.355 e. The van der Waals surface area contributed by atoms with Gasteiger partial charge in [-0.3, -0.25) is 9.59 Å². The second kappa shape index (κ2) is 6.75. The van der Waals surface area contributed by atoms with E-state index in [0.717, 1.165) is 12.0 Å². The number of carbonyl (C=O) groups excluding carboxylic acids is 2. The van der Waals surface area contributed by atoms with Crippen LogP contribution in [0.1, 0.15) is 25.3 Å². The Hall–Kier alpha value is -1.55. The van der Waals surface area contributed by atoms with Crippen LogP contribution in [0, 0.1) is 11.8 Å². The van der Waals surface area contributed by atoms with Crippen molar-refractivity contribution in [3.63, 3.8) is 0 Å². The molecule has 0 spiro atoms. The molecule has 108 valence electrons. The molecule has 2 rings (SSSR count). The Labute approximate surface area is 123 Å². The summed E-state index contributed by atoms with van der Waals surface area (Å²) in [6.45, 7) is 2.90. The van der Waals surface area contributed by atoms with Crippen molar-refractivity contribution in [3.8, 4) is 0 Å². The van der Waals surface area contributed by atoms with Crippen LogP contribution in [0.5, 0.6) is 0 Å². The number of hydrogen-bond acceptors (Lipinski definition) is 2. The lowest BCUT2D eigenvalue weighted by Gasteiger charge is -2.07. The second-order valence-electron chi connectivity index (χ2n) is 5.27. The summed E-state index contributed by atoms with van der Waals surface area (Å²) in [5.41, 5.74) is 0.960. The molecule has 2 N–H and O–H groups in total. The number of carbonyl (C=O) groups is 2. The van der Waals surface area contributed by atoms with E-state index in [-0.39, 0.29) is 17.7 Å². The summed E-state index contributed by atoms with van der Waals surface area (Å²) < 4.78 is 0. The average Bonchev–Trinajstić information content (AvgIpc) is 3.14. The van der Waals surface area contributed by atoms with Crippen LogP contribution in [0.25, 0.3) is 0 Å². The molecule has 20 heavy (non-hydrogen) atoms. The highest BCUT2D eigenvalue weighted by molar-refractivity contribution is 6.30. The van der Waals surface area contributed by atoms with Crippen molar-refractivity contribution in [2.75, 3.05) is 6.54 Å². The molecule has 2 amide bonds. The maximum Gasteiger partial charge on any atom is 0.223 e. The Bertz CT molecular complexity index is 504. The molecule has 4 nitrogen and oxygen atoms in total. The standard InChI is InChI=1S/C15H19ClN2O2/c1-10-7-13(10)15(20)17-6-5-14(19)18-9-11-3-2-4-12(16)8-11/h2-4,8,10,13H,5-7,9H2,1H3,(H,17,20)(H,18,19)/t10-,13-/m0/s1. The van der Waals surface area contributed by atoms with Crippen LogP contribution >= 0.6 is 11.6 Å². The summed E-state index contributed by atoms with van der Waals surface area (Å²) in [4.78, 5) is 23.2. The molecule has 0 bridgehead atoms. The average molecular weight is 295 g/mol. The molecule has 5 heteroatoms. The zero-order valence-electron chi connectivity index (χ0n) is 11.5. The van der Waals surface area contributed by atoms with E-state index in [1.165, 1.54) is 0 Å². The Morgan fingerprint density at radius 2 is 2.10 bits per heavy atom. The van der Waals surface area contributed by atoms with Crippen LogP contribution in [-0.2, 0) is 16.1 Å². The molecule has 1 aromatic rings. The first-order chi connectivity index (χ1) is 9.56. The lowest BCUT2D eigenvalue weighted by molar-refractivity contribution is -0.123. The Morgan fingerprint density at radius 1 is 1.35 bits per heavy atom. The summed E-state index contributed by atoms with van der Waals surface area (Å²) in [6.07, 6.45) is 1.26. The Kier molecular flexibility index (Phi) is 5.01. The third-order valence-electron chi connectivity index (χ3n) is 3.48. The van der Waals surface area contributed by atoms with Gasteiger partial charge in [-0.25, -0.2) is 0 Å². The monoisotopic (exact) mass is 294 g/mol. The van der Waals surface area contributed by atoms with E-state index in [2.05, 4.69) is 17.6 Å². The van der Waals surface area contributed by atoms with Crippen molar-refractivity contribution >= 4 is 23.4 Å². The highest BCUT2D eigenvalue weighted by Crippen LogP contribution is 2.37. The Balaban J connectivity index is 1.62. The van der Waals surface area contributed by atoms with Gasteiger partial charge in [-0.15, -0.1) is 0 Å². The smallest absolute Gasteiger partial charge is 0.223 e. The van der Waals surface area contributed by atoms with Crippen molar-refractivity contribution in [3.05, 3.63) is 34.9 Å². The predicted octanol–water partition coefficient (Wildman–Crippen LogP) is 2.12. The van der Waals surface area contributed by atoms with Crippen molar-refractivity contribution in [2.45, 2.75) is 26.3 Å². The number of hydrogen-bond donors (Lipinski definition) is 2. The number of rotatable bonds is 6. The van der Waals surface area contributed by atoms with Gasteiger partial charge >= 0.3 is 0 Å². The van der Waals surface area contributed by atoms with E-state index >= 15 is 0 Å². The van der Waals surface area contributed by atoms with Gasteiger partial charge in [0.15, 0.2) is 0 Å². The fourth-order valence-electron chi connectivity index (χ4n) is 2.05. The molecule has 1 aliphatic carbocycles. The fourth-order valence-corrected chi connectivity index (χ4v) is 2.27. The molecule has 0 saturated heterocycles. The summed E-state index contributed by atoms with van der Waals surface area (Å²) in [5.74, 6) is 0.644. The van der Waals surface area contributed by atoms with Gasteiger partial charge in [0, 0.05) is 30.5 Å². The first-order valence-corrected chi connectivity index (χ1v) is 7.23. The summed E-state index contributed by atoms with van der Waals surface area (Å²) in [6, 6.07) is 7.36. The van der Waals surface area contributed by atoms with E-state index in [0.29, 0.717) is 30.5 Å². The van der Waals surface area contributed by atoms with Gasteiger partial charge in [0.05, 0.1) is 0 Å². The normalized spacial score (nSPS) is 20.3. The highest BCUT2D eigenvalue weighted by atomic mass is 35.5. The molecule has 1 aromatic carbocycles. The topological polar surface area (TPSA) is 58.2 Å². The van der Waals surface area contributed by atoms with Crippen LogP contribution < -0.4 is 10.6 Å². The molecular formula is C15H19ClN2O2. The SMILES string of the molecule is C[C@H]1C[C@@H]1C(=O)NCCC(=O)NCc1cccc(Cl)c1. The van der Waals surface area contributed by atoms with Crippen molar-refractivity contribution in [2.24, 2.45) is 11.8 Å². The van der Waals surface area contributed by atoms with Gasteiger partial charge in [-0.1, -0.05) is 30.7 Å². The van der Waals surface area contributed by atoms with Crippen LogP contribution in [0.4, 0.5) is 0 Å². The number of halogens is 1. The minimum absolute atomic E-state index is 0.0696. The van der Waals surface area contributed by atoms with Crippen LogP contribution in [0.3, 0.4) is 0 Å². The van der Waals surface area contributed by atoms with Gasteiger partial charge in [0.25, 0.3) is 0 Å². The van der Waals surface area contributed by atoms with Gasteiger partial charge in [-0.05, 0) is 30.0 Å². The first kappa shape index (κ1) is 14.9. The van der Waals surface area contributed by atoms with Crippen molar-refractivity contribution < 1.29 is 9.59 Å². The molecular weight excluding hydrogens is 276 g/mol. The van der Waals surface area contributed by atoms with E-state index in [4.69, 9.17) is 11.6 Å². The van der Waals surface area contributed by atoms with E-state index in [1.54, 1.807) is 6.07 Å². The molecule has 0 aromatic heterocycles. The van der Waals surface area contributed by atoms with Crippen LogP contribution in [0.15, 0.2) is 24.3 Å². The van der Waals surface area contributed by atoms with Gasteiger partial charge in [0.1, 0.15) is 0 Å². The largest absolute Gasteiger partial charge is 0.355 e. The summed E-state index contributed by atoms with van der Waals surface area (Å²) in [7, 11) is 0. The molecule has 2 atom stereocenters. The zero-order chi connectivity index (χ0) is 14.5. The quantitative estimate of drug-likeness (QED) is 0.844. The fraction of sp³-hybridized carbons (Fsp3) is 0.467. The maximum absolute atomic E-state index is 11.6. The first-order valence-electron chi connectivity index (χ1n) is 6.85. The molecule has 1 aliphatic rings. The van der Waals surface area contributed by atoms with E-state index in [9.17, 15) is 9.59 Å². The zero-order valence-corrected chi connectivity index (χ0v) is 12.2. The predicted molar refractivity (Wildman–Crippen MR) is 78.2 cm³/mol. The third kappa shape index (κ3) is 4.53. The molecule has 0 unspecified atom stereocenters. The molecule has 0 radical (unpaired) electrons. The van der Waals surface area contributed by atoms with Crippen molar-refractivity contribution in [1.82, 2.24) is 10.6 Å². The van der Waals surface area contributed by atoms with Gasteiger partial charge in [0.2, 0.25) is 11.8 Å².